The number of aromatic nitrogens is 3. The number of nitrogens with zero attached hydrogens (tertiary/aromatic N) is 2. The molecule has 2 aromatic heterocycles. The van der Waals surface area contributed by atoms with Gasteiger partial charge in [-0.3, -0.25) is 4.79 Å². The van der Waals surface area contributed by atoms with Crippen molar-refractivity contribution in [1.29, 1.82) is 0 Å². The topological polar surface area (TPSA) is 67.9 Å². The van der Waals surface area contributed by atoms with Crippen molar-refractivity contribution in [3.05, 3.63) is 44.0 Å². The minimum absolute atomic E-state index is 0.157. The number of aryl methyl sites for hydroxylation is 1. The number of nitrogens with one attached hydrogen (secondary N) is 1. The summed E-state index contributed by atoms with van der Waals surface area (Å²) in [6.45, 7) is 2.28. The van der Waals surface area contributed by atoms with Crippen LogP contribution >= 0.6 is 11.3 Å². The van der Waals surface area contributed by atoms with Crippen molar-refractivity contribution in [2.24, 2.45) is 0 Å². The molecule has 5 nitrogen and oxygen atoms in total. The molecule has 0 aliphatic heterocycles. The largest absolute Gasteiger partial charge is 0.378 e. The van der Waals surface area contributed by atoms with E-state index in [0.29, 0.717) is 24.5 Å². The molecule has 0 spiro atoms. The third-order valence-corrected chi connectivity index (χ3v) is 3.09. The number of methoxy groups -OCH3 is 1. The van der Waals surface area contributed by atoms with Crippen molar-refractivity contribution < 1.29 is 4.74 Å². The molecule has 0 unspecified atom stereocenters. The summed E-state index contributed by atoms with van der Waals surface area (Å²) < 4.78 is 4.96. The Morgan fingerprint density at radius 1 is 1.47 bits per heavy atom. The predicted octanol–water partition coefficient (Wildman–Crippen LogP) is 1.27. The molecule has 0 saturated carbocycles. The summed E-state index contributed by atoms with van der Waals surface area (Å²) in [5, 5.41) is 2.92. The van der Waals surface area contributed by atoms with E-state index in [2.05, 4.69) is 15.0 Å². The zero-order chi connectivity index (χ0) is 12.3. The number of hydrogen-bond donors (Lipinski definition) is 1. The summed E-state index contributed by atoms with van der Waals surface area (Å²) >= 11 is 1.57. The lowest BCUT2D eigenvalue weighted by molar-refractivity contribution is 0.181. The van der Waals surface area contributed by atoms with Crippen molar-refractivity contribution in [1.82, 2.24) is 15.0 Å². The van der Waals surface area contributed by atoms with E-state index >= 15 is 0 Å². The van der Waals surface area contributed by atoms with E-state index in [1.807, 2.05) is 12.3 Å². The molecule has 0 aliphatic carbocycles. The molecule has 0 bridgehead atoms. The molecule has 0 aromatic carbocycles. The molecule has 0 aliphatic rings. The van der Waals surface area contributed by atoms with Crippen LogP contribution in [0.2, 0.25) is 0 Å². The zero-order valence-corrected chi connectivity index (χ0v) is 10.5. The Labute approximate surface area is 103 Å². The average Bonchev–Trinajstić information content (AvgIpc) is 2.63. The summed E-state index contributed by atoms with van der Waals surface area (Å²) in [4.78, 5) is 22.8. The van der Waals surface area contributed by atoms with Crippen LogP contribution < -0.4 is 5.56 Å². The molecule has 0 amide bonds. The van der Waals surface area contributed by atoms with Crippen LogP contribution in [0.5, 0.6) is 0 Å². The average molecular weight is 251 g/mol. The Bertz CT molecular complexity index is 562. The van der Waals surface area contributed by atoms with Gasteiger partial charge in [0.15, 0.2) is 0 Å². The van der Waals surface area contributed by atoms with E-state index in [1.54, 1.807) is 18.4 Å². The summed E-state index contributed by atoms with van der Waals surface area (Å²) in [5.41, 5.74) is 1.47. The SMILES string of the molecule is COCc1cc(=O)[nH]c(Cc2nc(C)cs2)n1. The van der Waals surface area contributed by atoms with E-state index in [-0.39, 0.29) is 5.56 Å². The van der Waals surface area contributed by atoms with Gasteiger partial charge < -0.3 is 9.72 Å². The molecule has 2 heterocycles. The molecule has 6 heteroatoms. The monoisotopic (exact) mass is 251 g/mol. The van der Waals surface area contributed by atoms with Gasteiger partial charge in [0.1, 0.15) is 10.8 Å². The standard InChI is InChI=1S/C11H13N3O2S/c1-7-6-17-11(12-7)4-9-13-8(5-16-2)3-10(15)14-9/h3,6H,4-5H2,1-2H3,(H,13,14,15). The van der Waals surface area contributed by atoms with Gasteiger partial charge in [-0.15, -0.1) is 11.3 Å². The highest BCUT2D eigenvalue weighted by atomic mass is 32.1. The van der Waals surface area contributed by atoms with E-state index in [1.165, 1.54) is 6.07 Å². The molecular formula is C11H13N3O2S. The smallest absolute Gasteiger partial charge is 0.251 e. The Morgan fingerprint density at radius 2 is 2.29 bits per heavy atom. The molecule has 2 rings (SSSR count). The van der Waals surface area contributed by atoms with Crippen LogP contribution in [0.1, 0.15) is 22.2 Å². The molecule has 0 atom stereocenters. The van der Waals surface area contributed by atoms with E-state index < -0.39 is 0 Å². The van der Waals surface area contributed by atoms with Crippen LogP contribution in [0.15, 0.2) is 16.2 Å². The number of H-pyrrole nitrogens is 1. The fraction of sp³-hybridized carbons (Fsp3) is 0.364. The van der Waals surface area contributed by atoms with E-state index in [0.717, 1.165) is 10.7 Å². The molecule has 0 radical (unpaired) electrons. The second-order valence-corrected chi connectivity index (χ2v) is 4.62. The van der Waals surface area contributed by atoms with Gasteiger partial charge in [-0.2, -0.15) is 0 Å². The highest BCUT2D eigenvalue weighted by molar-refractivity contribution is 7.09. The van der Waals surface area contributed by atoms with Gasteiger partial charge in [-0.05, 0) is 6.92 Å². The van der Waals surface area contributed by atoms with Crippen LogP contribution in [-0.4, -0.2) is 22.1 Å². The minimum Gasteiger partial charge on any atom is -0.378 e. The lowest BCUT2D eigenvalue weighted by Gasteiger charge is -2.01. The Kier molecular flexibility index (Phi) is 3.65. The zero-order valence-electron chi connectivity index (χ0n) is 9.69. The maximum absolute atomic E-state index is 11.4. The first-order valence-corrected chi connectivity index (χ1v) is 6.04. The molecule has 1 N–H and O–H groups in total. The first-order chi connectivity index (χ1) is 8.17. The highest BCUT2D eigenvalue weighted by Crippen LogP contribution is 2.11. The number of rotatable bonds is 4. The minimum atomic E-state index is -0.157. The molecule has 0 fully saturated rings. The van der Waals surface area contributed by atoms with Crippen molar-refractivity contribution in [3.8, 4) is 0 Å². The second-order valence-electron chi connectivity index (χ2n) is 3.68. The van der Waals surface area contributed by atoms with Gasteiger partial charge in [0.25, 0.3) is 5.56 Å². The quantitative estimate of drug-likeness (QED) is 0.888. The van der Waals surface area contributed by atoms with Crippen molar-refractivity contribution >= 4 is 11.3 Å². The lowest BCUT2D eigenvalue weighted by atomic mass is 10.3. The van der Waals surface area contributed by atoms with Gasteiger partial charge in [0.2, 0.25) is 0 Å². The fourth-order valence-electron chi connectivity index (χ4n) is 1.50. The number of aromatic amines is 1. The first kappa shape index (κ1) is 11.9. The summed E-state index contributed by atoms with van der Waals surface area (Å²) in [6, 6.07) is 1.44. The number of thiazole rings is 1. The van der Waals surface area contributed by atoms with Gasteiger partial charge in [0, 0.05) is 24.3 Å². The van der Waals surface area contributed by atoms with Crippen molar-refractivity contribution in [3.63, 3.8) is 0 Å². The van der Waals surface area contributed by atoms with Crippen LogP contribution in [0, 0.1) is 6.92 Å². The molecule has 17 heavy (non-hydrogen) atoms. The number of hydrogen-bond acceptors (Lipinski definition) is 5. The summed E-state index contributed by atoms with van der Waals surface area (Å²) in [5.74, 6) is 0.624. The third kappa shape index (κ3) is 3.21. The molecule has 2 aromatic rings. The predicted molar refractivity (Wildman–Crippen MR) is 65.2 cm³/mol. The van der Waals surface area contributed by atoms with Crippen LogP contribution in [0.25, 0.3) is 0 Å². The van der Waals surface area contributed by atoms with Gasteiger partial charge >= 0.3 is 0 Å². The lowest BCUT2D eigenvalue weighted by Crippen LogP contribution is -2.13. The van der Waals surface area contributed by atoms with E-state index in [4.69, 9.17) is 4.74 Å². The molecule has 90 valence electrons. The first-order valence-electron chi connectivity index (χ1n) is 5.16. The normalized spacial score (nSPS) is 10.7. The maximum Gasteiger partial charge on any atom is 0.251 e. The molecule has 0 saturated heterocycles. The highest BCUT2D eigenvalue weighted by Gasteiger charge is 2.05. The fourth-order valence-corrected chi connectivity index (χ4v) is 2.27. The van der Waals surface area contributed by atoms with Crippen molar-refractivity contribution in [2.45, 2.75) is 20.0 Å². The van der Waals surface area contributed by atoms with Crippen LogP contribution in [-0.2, 0) is 17.8 Å². The molecular weight excluding hydrogens is 238 g/mol. The summed E-state index contributed by atoms with van der Waals surface area (Å²) in [6.07, 6.45) is 0.547. The van der Waals surface area contributed by atoms with Gasteiger partial charge in [-0.25, -0.2) is 9.97 Å². The summed E-state index contributed by atoms with van der Waals surface area (Å²) in [7, 11) is 1.58. The van der Waals surface area contributed by atoms with Gasteiger partial charge in [-0.1, -0.05) is 0 Å². The van der Waals surface area contributed by atoms with Crippen molar-refractivity contribution in [2.75, 3.05) is 7.11 Å². The third-order valence-electron chi connectivity index (χ3n) is 2.12. The Hall–Kier alpha value is -1.53. The van der Waals surface area contributed by atoms with Crippen LogP contribution in [0.3, 0.4) is 0 Å². The number of ether oxygens (including phenoxy) is 1. The second kappa shape index (κ2) is 5.20. The maximum atomic E-state index is 11.4. The Morgan fingerprint density at radius 3 is 2.94 bits per heavy atom. The Balaban J connectivity index is 2.23. The van der Waals surface area contributed by atoms with Crippen LogP contribution in [0.4, 0.5) is 0 Å². The van der Waals surface area contributed by atoms with Gasteiger partial charge in [0.05, 0.1) is 18.7 Å². The van der Waals surface area contributed by atoms with E-state index in [9.17, 15) is 4.79 Å².